The van der Waals surface area contributed by atoms with Gasteiger partial charge in [0, 0.05) is 13.0 Å². The first-order valence-electron chi connectivity index (χ1n) is 7.10. The fourth-order valence-electron chi connectivity index (χ4n) is 2.22. The van der Waals surface area contributed by atoms with Crippen LogP contribution in [-0.2, 0) is 14.3 Å². The van der Waals surface area contributed by atoms with Gasteiger partial charge >= 0.3 is 12.0 Å². The molecule has 0 aliphatic carbocycles. The summed E-state index contributed by atoms with van der Waals surface area (Å²) >= 11 is 0. The molecule has 0 radical (unpaired) electrons. The first-order chi connectivity index (χ1) is 11.4. The molecule has 0 saturated carbocycles. The lowest BCUT2D eigenvalue weighted by molar-refractivity contribution is -0.148. The van der Waals surface area contributed by atoms with E-state index in [1.807, 2.05) is 0 Å². The number of hydrogen-bond acceptors (Lipinski definition) is 6. The molecular formula is C15H15N3O6. The second-order valence-electron chi connectivity index (χ2n) is 4.98. The van der Waals surface area contributed by atoms with E-state index < -0.39 is 36.3 Å². The number of carbonyl (C=O) groups excluding carboxylic acids is 5. The average molecular weight is 333 g/mol. The number of amides is 5. The Kier molecular flexibility index (Phi) is 5.25. The molecule has 3 N–H and O–H groups in total. The fourth-order valence-corrected chi connectivity index (χ4v) is 2.22. The highest BCUT2D eigenvalue weighted by Crippen LogP contribution is 2.22. The highest BCUT2D eigenvalue weighted by Gasteiger charge is 2.34. The van der Waals surface area contributed by atoms with E-state index in [4.69, 9.17) is 5.73 Å². The molecule has 126 valence electrons. The van der Waals surface area contributed by atoms with Crippen molar-refractivity contribution in [3.63, 3.8) is 0 Å². The van der Waals surface area contributed by atoms with E-state index in [1.54, 1.807) is 29.6 Å². The van der Waals surface area contributed by atoms with E-state index in [2.05, 4.69) is 4.74 Å². The van der Waals surface area contributed by atoms with Crippen LogP contribution in [0, 0.1) is 0 Å². The van der Waals surface area contributed by atoms with Crippen molar-refractivity contribution in [3.05, 3.63) is 35.4 Å². The summed E-state index contributed by atoms with van der Waals surface area (Å²) in [5, 5.41) is 1.75. The number of rotatable bonds is 6. The Balaban J connectivity index is 1.76. The largest absolute Gasteiger partial charge is 0.456 e. The van der Waals surface area contributed by atoms with Gasteiger partial charge in [-0.05, 0) is 18.6 Å². The summed E-state index contributed by atoms with van der Waals surface area (Å²) < 4.78 is 4.64. The topological polar surface area (TPSA) is 136 Å². The zero-order valence-corrected chi connectivity index (χ0v) is 12.6. The van der Waals surface area contributed by atoms with Crippen LogP contribution >= 0.6 is 0 Å². The third-order valence-corrected chi connectivity index (χ3v) is 3.27. The number of imide groups is 2. The summed E-state index contributed by atoms with van der Waals surface area (Å²) in [6.07, 6.45) is 0.110. The smallest absolute Gasteiger partial charge is 0.318 e. The van der Waals surface area contributed by atoms with Crippen molar-refractivity contribution in [1.29, 1.82) is 0 Å². The number of ether oxygens (including phenoxy) is 1. The molecule has 24 heavy (non-hydrogen) atoms. The Morgan fingerprint density at radius 1 is 1.08 bits per heavy atom. The van der Waals surface area contributed by atoms with Crippen LogP contribution in [0.4, 0.5) is 4.79 Å². The van der Waals surface area contributed by atoms with Gasteiger partial charge in [-0.15, -0.1) is 0 Å². The molecule has 1 aromatic rings. The van der Waals surface area contributed by atoms with Gasteiger partial charge in [-0.3, -0.25) is 29.4 Å². The van der Waals surface area contributed by atoms with Crippen LogP contribution in [-0.4, -0.2) is 47.8 Å². The number of urea groups is 1. The Labute approximate surface area is 136 Å². The van der Waals surface area contributed by atoms with E-state index in [0.717, 1.165) is 4.90 Å². The maximum atomic E-state index is 12.1. The van der Waals surface area contributed by atoms with Crippen LogP contribution in [0.5, 0.6) is 0 Å². The van der Waals surface area contributed by atoms with Crippen molar-refractivity contribution in [2.24, 2.45) is 5.73 Å². The van der Waals surface area contributed by atoms with Gasteiger partial charge in [-0.2, -0.15) is 0 Å². The molecule has 0 atom stereocenters. The first kappa shape index (κ1) is 17.1. The molecule has 0 saturated heterocycles. The third-order valence-electron chi connectivity index (χ3n) is 3.27. The molecule has 1 heterocycles. The maximum Gasteiger partial charge on any atom is 0.318 e. The van der Waals surface area contributed by atoms with Crippen molar-refractivity contribution in [2.75, 3.05) is 13.2 Å². The molecule has 5 amide bonds. The minimum Gasteiger partial charge on any atom is -0.456 e. The zero-order chi connectivity index (χ0) is 17.7. The van der Waals surface area contributed by atoms with Crippen LogP contribution in [0.3, 0.4) is 0 Å². The van der Waals surface area contributed by atoms with E-state index in [9.17, 15) is 24.0 Å². The SMILES string of the molecule is NC(=O)NC(=O)COC(=O)CCCN1C(=O)c2ccccc2C1=O. The quantitative estimate of drug-likeness (QED) is 0.546. The number of primary amides is 1. The lowest BCUT2D eigenvalue weighted by atomic mass is 10.1. The van der Waals surface area contributed by atoms with Crippen molar-refractivity contribution >= 4 is 29.7 Å². The molecular weight excluding hydrogens is 318 g/mol. The van der Waals surface area contributed by atoms with Gasteiger partial charge in [0.1, 0.15) is 0 Å². The monoisotopic (exact) mass is 333 g/mol. The molecule has 0 fully saturated rings. The molecule has 0 spiro atoms. The number of nitrogens with one attached hydrogen (secondary N) is 1. The Bertz CT molecular complexity index is 680. The molecule has 1 aliphatic rings. The van der Waals surface area contributed by atoms with Crippen molar-refractivity contribution in [3.8, 4) is 0 Å². The molecule has 0 bridgehead atoms. The van der Waals surface area contributed by atoms with Gasteiger partial charge < -0.3 is 10.5 Å². The summed E-state index contributed by atoms with van der Waals surface area (Å²) in [4.78, 5) is 58.2. The van der Waals surface area contributed by atoms with Gasteiger partial charge in [0.25, 0.3) is 17.7 Å². The average Bonchev–Trinajstić information content (AvgIpc) is 2.78. The summed E-state index contributed by atoms with van der Waals surface area (Å²) in [7, 11) is 0. The maximum absolute atomic E-state index is 12.1. The number of nitrogens with zero attached hydrogens (tertiary/aromatic N) is 1. The first-order valence-corrected chi connectivity index (χ1v) is 7.10. The van der Waals surface area contributed by atoms with Crippen LogP contribution < -0.4 is 11.1 Å². The Morgan fingerprint density at radius 3 is 2.21 bits per heavy atom. The van der Waals surface area contributed by atoms with Crippen molar-refractivity contribution in [2.45, 2.75) is 12.8 Å². The third kappa shape index (κ3) is 3.94. The lowest BCUT2D eigenvalue weighted by Crippen LogP contribution is -2.37. The van der Waals surface area contributed by atoms with Crippen LogP contribution in [0.25, 0.3) is 0 Å². The summed E-state index contributed by atoms with van der Waals surface area (Å²) in [6, 6.07) is 5.44. The number of fused-ring (bicyclic) bond motifs is 1. The van der Waals surface area contributed by atoms with Crippen LogP contribution in [0.1, 0.15) is 33.6 Å². The van der Waals surface area contributed by atoms with Gasteiger partial charge in [0.2, 0.25) is 0 Å². The predicted molar refractivity (Wildman–Crippen MR) is 79.7 cm³/mol. The molecule has 1 aromatic carbocycles. The fraction of sp³-hybridized carbons (Fsp3) is 0.267. The molecule has 9 heteroatoms. The van der Waals surface area contributed by atoms with Crippen molar-refractivity contribution in [1.82, 2.24) is 10.2 Å². The molecule has 2 rings (SSSR count). The van der Waals surface area contributed by atoms with E-state index in [0.29, 0.717) is 11.1 Å². The number of hydrogen-bond donors (Lipinski definition) is 2. The molecule has 0 unspecified atom stereocenters. The van der Waals surface area contributed by atoms with E-state index in [1.165, 1.54) is 0 Å². The van der Waals surface area contributed by atoms with Crippen LogP contribution in [0.15, 0.2) is 24.3 Å². The summed E-state index contributed by atoms with van der Waals surface area (Å²) in [5.74, 6) is -2.32. The van der Waals surface area contributed by atoms with Gasteiger partial charge in [-0.25, -0.2) is 4.79 Å². The Morgan fingerprint density at radius 2 is 1.67 bits per heavy atom. The van der Waals surface area contributed by atoms with E-state index in [-0.39, 0.29) is 19.4 Å². The summed E-state index contributed by atoms with van der Waals surface area (Å²) in [6.45, 7) is -0.566. The lowest BCUT2D eigenvalue weighted by Gasteiger charge is -2.13. The van der Waals surface area contributed by atoms with Crippen LogP contribution in [0.2, 0.25) is 0 Å². The molecule has 0 aromatic heterocycles. The second-order valence-corrected chi connectivity index (χ2v) is 4.98. The number of carbonyl (C=O) groups is 5. The zero-order valence-electron chi connectivity index (χ0n) is 12.6. The minimum atomic E-state index is -1.04. The standard InChI is InChI=1S/C15H15N3O6/c16-15(23)17-11(19)8-24-12(20)6-3-7-18-13(21)9-4-1-2-5-10(9)14(18)22/h1-2,4-5H,3,6-8H2,(H3,16,17,19,23). The number of benzene rings is 1. The van der Waals surface area contributed by atoms with Crippen molar-refractivity contribution < 1.29 is 28.7 Å². The minimum absolute atomic E-state index is 0.0644. The van der Waals surface area contributed by atoms with E-state index >= 15 is 0 Å². The molecule has 9 nitrogen and oxygen atoms in total. The number of esters is 1. The van der Waals surface area contributed by atoms with Gasteiger partial charge in [0.05, 0.1) is 11.1 Å². The summed E-state index contributed by atoms with van der Waals surface area (Å²) in [5.41, 5.74) is 5.41. The second kappa shape index (κ2) is 7.36. The highest BCUT2D eigenvalue weighted by atomic mass is 16.5. The Hall–Kier alpha value is -3.23. The number of nitrogens with two attached hydrogens (primary N) is 1. The van der Waals surface area contributed by atoms with Gasteiger partial charge in [0.15, 0.2) is 6.61 Å². The van der Waals surface area contributed by atoms with Gasteiger partial charge in [-0.1, -0.05) is 12.1 Å². The normalized spacial score (nSPS) is 12.8. The predicted octanol–water partition coefficient (Wildman–Crippen LogP) is -0.199. The molecule has 1 aliphatic heterocycles. The highest BCUT2D eigenvalue weighted by molar-refractivity contribution is 6.21.